The van der Waals surface area contributed by atoms with Crippen LogP contribution < -0.4 is 0 Å². The first-order chi connectivity index (χ1) is 22.3. The summed E-state index contributed by atoms with van der Waals surface area (Å²) in [6.07, 6.45) is 0. The first kappa shape index (κ1) is 24.3. The second-order valence-electron chi connectivity index (χ2n) is 11.4. The van der Waals surface area contributed by atoms with Gasteiger partial charge in [-0.15, -0.1) is 0 Å². The lowest BCUT2D eigenvalue weighted by molar-refractivity contribution is 0.634. The molecular weight excluding hydrogens is 554 g/mol. The number of furan rings is 2. The number of para-hydroxylation sites is 2. The number of nitrogens with zero attached hydrogens (tertiary/aromatic N) is 3. The predicted octanol–water partition coefficient (Wildman–Crippen LogP) is 10.7. The Labute approximate surface area is 256 Å². The van der Waals surface area contributed by atoms with Gasteiger partial charge in [0.15, 0.2) is 11.2 Å². The van der Waals surface area contributed by atoms with E-state index in [0.717, 1.165) is 77.0 Å². The number of aromatic nitrogens is 3. The van der Waals surface area contributed by atoms with Crippen LogP contribution in [0.3, 0.4) is 0 Å². The Hall–Kier alpha value is -6.20. The van der Waals surface area contributed by atoms with Crippen molar-refractivity contribution in [2.75, 3.05) is 0 Å². The van der Waals surface area contributed by atoms with Crippen LogP contribution in [0.15, 0.2) is 148 Å². The third-order valence-electron chi connectivity index (χ3n) is 8.81. The molecular formula is C40H23N3O2. The molecule has 5 heteroatoms. The largest absolute Gasteiger partial charge is 0.450 e. The van der Waals surface area contributed by atoms with Gasteiger partial charge in [0.2, 0.25) is 5.95 Å². The van der Waals surface area contributed by atoms with Crippen LogP contribution in [-0.2, 0) is 0 Å². The van der Waals surface area contributed by atoms with Crippen molar-refractivity contribution in [2.24, 2.45) is 0 Å². The van der Waals surface area contributed by atoms with Crippen LogP contribution in [0.1, 0.15) is 0 Å². The summed E-state index contributed by atoms with van der Waals surface area (Å²) < 4.78 is 15.1. The van der Waals surface area contributed by atoms with Crippen molar-refractivity contribution in [2.45, 2.75) is 0 Å². The molecule has 0 radical (unpaired) electrons. The van der Waals surface area contributed by atoms with Gasteiger partial charge in [-0.25, -0.2) is 9.97 Å². The predicted molar refractivity (Wildman–Crippen MR) is 182 cm³/mol. The van der Waals surface area contributed by atoms with Crippen molar-refractivity contribution in [1.29, 1.82) is 0 Å². The molecule has 0 fully saturated rings. The maximum Gasteiger partial charge on any atom is 0.236 e. The SMILES string of the molecule is c1ccc(-c2cccc(-c3nc(-n4c5c6ccccc6oc5c5oc6ccccc6c54)nc4c3ccc3ccccc34)c2)cc1. The monoisotopic (exact) mass is 577 g/mol. The van der Waals surface area contributed by atoms with E-state index in [-0.39, 0.29) is 0 Å². The van der Waals surface area contributed by atoms with Crippen molar-refractivity contribution in [3.63, 3.8) is 0 Å². The van der Waals surface area contributed by atoms with E-state index in [1.807, 2.05) is 42.5 Å². The molecule has 0 saturated carbocycles. The summed E-state index contributed by atoms with van der Waals surface area (Å²) in [4.78, 5) is 10.8. The molecule has 0 aliphatic carbocycles. The van der Waals surface area contributed by atoms with Gasteiger partial charge in [0.25, 0.3) is 0 Å². The Bertz CT molecular complexity index is 2680. The van der Waals surface area contributed by atoms with Gasteiger partial charge in [0.05, 0.1) is 11.2 Å². The first-order valence-corrected chi connectivity index (χ1v) is 15.0. The number of fused-ring (bicyclic) bond motifs is 10. The van der Waals surface area contributed by atoms with E-state index >= 15 is 0 Å². The van der Waals surface area contributed by atoms with Crippen molar-refractivity contribution in [3.05, 3.63) is 140 Å². The Kier molecular flexibility index (Phi) is 4.93. The number of hydrogen-bond acceptors (Lipinski definition) is 4. The molecule has 0 spiro atoms. The zero-order chi connectivity index (χ0) is 29.5. The number of hydrogen-bond donors (Lipinski definition) is 0. The van der Waals surface area contributed by atoms with Gasteiger partial charge in [0, 0.05) is 27.1 Å². The minimum Gasteiger partial charge on any atom is -0.450 e. The van der Waals surface area contributed by atoms with Crippen LogP contribution in [0.2, 0.25) is 0 Å². The van der Waals surface area contributed by atoms with Crippen LogP contribution in [0.25, 0.3) is 94.1 Å². The van der Waals surface area contributed by atoms with Gasteiger partial charge in [0.1, 0.15) is 22.2 Å². The molecule has 0 aliphatic rings. The highest BCUT2D eigenvalue weighted by atomic mass is 16.4. The molecule has 0 aliphatic heterocycles. The summed E-state index contributed by atoms with van der Waals surface area (Å²) in [5, 5.41) is 5.17. The lowest BCUT2D eigenvalue weighted by Gasteiger charge is -2.13. The van der Waals surface area contributed by atoms with Crippen molar-refractivity contribution < 1.29 is 8.83 Å². The Morgan fingerprint density at radius 2 is 1.04 bits per heavy atom. The van der Waals surface area contributed by atoms with Gasteiger partial charge in [-0.05, 0) is 52.9 Å². The summed E-state index contributed by atoms with van der Waals surface area (Å²) >= 11 is 0. The molecule has 0 saturated heterocycles. The number of benzene rings is 6. The van der Waals surface area contributed by atoms with Crippen LogP contribution in [0, 0.1) is 0 Å². The molecule has 10 rings (SSSR count). The molecule has 0 amide bonds. The van der Waals surface area contributed by atoms with Crippen LogP contribution in [-0.4, -0.2) is 14.5 Å². The molecule has 0 bridgehead atoms. The smallest absolute Gasteiger partial charge is 0.236 e. The Balaban J connectivity index is 1.37. The quantitative estimate of drug-likeness (QED) is 0.196. The topological polar surface area (TPSA) is 57.0 Å². The van der Waals surface area contributed by atoms with Gasteiger partial charge in [-0.1, -0.05) is 103 Å². The number of rotatable bonds is 3. The lowest BCUT2D eigenvalue weighted by atomic mass is 9.98. The van der Waals surface area contributed by atoms with Gasteiger partial charge < -0.3 is 8.83 Å². The highest BCUT2D eigenvalue weighted by Crippen LogP contribution is 2.43. The summed E-state index contributed by atoms with van der Waals surface area (Å²) in [7, 11) is 0. The van der Waals surface area contributed by atoms with Crippen LogP contribution in [0.5, 0.6) is 0 Å². The fourth-order valence-corrected chi connectivity index (χ4v) is 6.78. The van der Waals surface area contributed by atoms with E-state index in [0.29, 0.717) is 17.1 Å². The van der Waals surface area contributed by atoms with E-state index in [1.54, 1.807) is 0 Å². The van der Waals surface area contributed by atoms with E-state index in [1.165, 1.54) is 0 Å². The lowest BCUT2D eigenvalue weighted by Crippen LogP contribution is -2.04. The third kappa shape index (κ3) is 3.49. The van der Waals surface area contributed by atoms with E-state index < -0.39 is 0 Å². The van der Waals surface area contributed by atoms with Crippen molar-refractivity contribution in [3.8, 4) is 28.3 Å². The molecule has 210 valence electrons. The van der Waals surface area contributed by atoms with Crippen molar-refractivity contribution >= 4 is 65.8 Å². The molecule has 0 atom stereocenters. The second kappa shape index (κ2) is 9.15. The normalized spacial score (nSPS) is 12.0. The maximum absolute atomic E-state index is 6.46. The van der Waals surface area contributed by atoms with E-state index in [2.05, 4.69) is 102 Å². The highest BCUT2D eigenvalue weighted by Gasteiger charge is 2.26. The Morgan fingerprint density at radius 3 is 1.78 bits per heavy atom. The molecule has 10 aromatic rings. The maximum atomic E-state index is 6.46. The molecule has 5 nitrogen and oxygen atoms in total. The molecule has 45 heavy (non-hydrogen) atoms. The molecule has 4 heterocycles. The molecule has 0 unspecified atom stereocenters. The standard InChI is InChI=1S/C40H23N3O2/c1-2-11-24(12-3-1)26-14-10-15-27(23-26)34-31-22-21-25-13-4-5-16-28(25)35(31)42-40(41-34)43-36-29-17-6-8-19-32(29)44-38(36)39-37(43)30-18-7-9-20-33(30)45-39/h1-23H. The summed E-state index contributed by atoms with van der Waals surface area (Å²) in [5.41, 5.74) is 9.84. The average Bonchev–Trinajstić information content (AvgIpc) is 3.76. The zero-order valence-electron chi connectivity index (χ0n) is 23.9. The zero-order valence-corrected chi connectivity index (χ0v) is 23.9. The van der Waals surface area contributed by atoms with Gasteiger partial charge in [-0.3, -0.25) is 4.57 Å². The fraction of sp³-hybridized carbons (Fsp3) is 0. The summed E-state index contributed by atoms with van der Waals surface area (Å²) in [6, 6.07) is 47.9. The van der Waals surface area contributed by atoms with Crippen molar-refractivity contribution in [1.82, 2.24) is 14.5 Å². The van der Waals surface area contributed by atoms with E-state index in [9.17, 15) is 0 Å². The fourth-order valence-electron chi connectivity index (χ4n) is 6.78. The summed E-state index contributed by atoms with van der Waals surface area (Å²) in [6.45, 7) is 0. The minimum absolute atomic E-state index is 0.567. The third-order valence-corrected chi connectivity index (χ3v) is 8.81. The highest BCUT2D eigenvalue weighted by molar-refractivity contribution is 6.20. The van der Waals surface area contributed by atoms with E-state index in [4.69, 9.17) is 18.8 Å². The van der Waals surface area contributed by atoms with Crippen LogP contribution >= 0.6 is 0 Å². The first-order valence-electron chi connectivity index (χ1n) is 15.0. The average molecular weight is 578 g/mol. The molecule has 6 aromatic carbocycles. The minimum atomic E-state index is 0.567. The van der Waals surface area contributed by atoms with Crippen LogP contribution in [0.4, 0.5) is 0 Å². The molecule has 0 N–H and O–H groups in total. The Morgan fingerprint density at radius 1 is 0.444 bits per heavy atom. The van der Waals surface area contributed by atoms with Gasteiger partial charge >= 0.3 is 0 Å². The molecule has 4 aromatic heterocycles. The summed E-state index contributed by atoms with van der Waals surface area (Å²) in [5.74, 6) is 0.567. The second-order valence-corrected chi connectivity index (χ2v) is 11.4. The van der Waals surface area contributed by atoms with Gasteiger partial charge in [-0.2, -0.15) is 0 Å².